The zero-order valence-corrected chi connectivity index (χ0v) is 10.2. The molecule has 1 unspecified atom stereocenters. The van der Waals surface area contributed by atoms with Crippen LogP contribution in [0.5, 0.6) is 0 Å². The number of likely N-dealkylation sites (N-methyl/N-ethyl adjacent to an activating group) is 1. The van der Waals surface area contributed by atoms with Crippen LogP contribution in [0.15, 0.2) is 24.3 Å². The van der Waals surface area contributed by atoms with Gasteiger partial charge in [-0.25, -0.2) is 0 Å². The van der Waals surface area contributed by atoms with Crippen molar-refractivity contribution in [3.63, 3.8) is 0 Å². The predicted octanol–water partition coefficient (Wildman–Crippen LogP) is 1.67. The van der Waals surface area contributed by atoms with Crippen LogP contribution >= 0.6 is 0 Å². The second-order valence-electron chi connectivity index (χ2n) is 4.44. The molecule has 1 N–H and O–H groups in total. The van der Waals surface area contributed by atoms with E-state index in [9.17, 15) is 4.79 Å². The highest BCUT2D eigenvalue weighted by Crippen LogP contribution is 2.21. The molecule has 0 amide bonds. The molecule has 1 saturated heterocycles. The molecule has 1 aliphatic heterocycles. The minimum atomic E-state index is 0.0609. The molecule has 3 heteroatoms. The van der Waals surface area contributed by atoms with Crippen LogP contribution in [-0.2, 0) is 11.2 Å². The molecule has 1 aromatic rings. The molecular weight excluding hydrogens is 214 g/mol. The van der Waals surface area contributed by atoms with Gasteiger partial charge in [0.2, 0.25) is 0 Å². The van der Waals surface area contributed by atoms with E-state index in [-0.39, 0.29) is 11.7 Å². The molecule has 92 valence electrons. The van der Waals surface area contributed by atoms with Crippen LogP contribution in [0, 0.1) is 5.92 Å². The van der Waals surface area contributed by atoms with Gasteiger partial charge in [-0.3, -0.25) is 4.79 Å². The van der Waals surface area contributed by atoms with Gasteiger partial charge in [0.1, 0.15) is 0 Å². The van der Waals surface area contributed by atoms with Crippen molar-refractivity contribution in [2.24, 2.45) is 5.92 Å². The molecule has 1 heterocycles. The van der Waals surface area contributed by atoms with E-state index in [1.807, 2.05) is 31.3 Å². The summed E-state index contributed by atoms with van der Waals surface area (Å²) in [5, 5.41) is 3.12. The molecule has 17 heavy (non-hydrogen) atoms. The van der Waals surface area contributed by atoms with Gasteiger partial charge in [-0.05, 0) is 32.0 Å². The van der Waals surface area contributed by atoms with E-state index in [1.165, 1.54) is 0 Å². The van der Waals surface area contributed by atoms with E-state index in [0.29, 0.717) is 6.61 Å². The summed E-state index contributed by atoms with van der Waals surface area (Å²) in [6.07, 6.45) is 1.76. The van der Waals surface area contributed by atoms with E-state index in [2.05, 4.69) is 5.32 Å². The van der Waals surface area contributed by atoms with E-state index < -0.39 is 0 Å². The first kappa shape index (κ1) is 12.3. The fourth-order valence-corrected chi connectivity index (χ4v) is 2.20. The minimum Gasteiger partial charge on any atom is -0.381 e. The molecule has 1 atom stereocenters. The first-order valence-corrected chi connectivity index (χ1v) is 6.17. The highest BCUT2D eigenvalue weighted by atomic mass is 16.5. The third kappa shape index (κ3) is 2.93. The van der Waals surface area contributed by atoms with E-state index in [0.717, 1.165) is 37.1 Å². The summed E-state index contributed by atoms with van der Waals surface area (Å²) in [5.74, 6) is 0.305. The monoisotopic (exact) mass is 233 g/mol. The average Bonchev–Trinajstić information content (AvgIpc) is 2.89. The highest BCUT2D eigenvalue weighted by molar-refractivity contribution is 5.99. The number of hydrogen-bond donors (Lipinski definition) is 1. The van der Waals surface area contributed by atoms with Gasteiger partial charge < -0.3 is 10.1 Å². The molecule has 0 saturated carbocycles. The Balaban J connectivity index is 2.15. The van der Waals surface area contributed by atoms with Crippen molar-refractivity contribution >= 4 is 5.78 Å². The average molecular weight is 233 g/mol. The largest absolute Gasteiger partial charge is 0.381 e. The maximum absolute atomic E-state index is 12.3. The normalized spacial score (nSPS) is 19.5. The number of carbonyl (C=O) groups is 1. The van der Waals surface area contributed by atoms with Gasteiger partial charge in [-0.15, -0.1) is 0 Å². The van der Waals surface area contributed by atoms with Crippen LogP contribution in [0.3, 0.4) is 0 Å². The standard InChI is InChI=1S/C14H19NO2/c1-15-8-6-11-4-2-3-5-13(11)14(16)12-7-9-17-10-12/h2-5,12,15H,6-10H2,1H3. The fraction of sp³-hybridized carbons (Fsp3) is 0.500. The SMILES string of the molecule is CNCCc1ccccc1C(=O)C1CCOC1. The van der Waals surface area contributed by atoms with Gasteiger partial charge in [0, 0.05) is 18.1 Å². The van der Waals surface area contributed by atoms with Gasteiger partial charge in [0.25, 0.3) is 0 Å². The summed E-state index contributed by atoms with van der Waals surface area (Å²) in [4.78, 5) is 12.3. The molecule has 0 spiro atoms. The topological polar surface area (TPSA) is 38.3 Å². The number of carbonyl (C=O) groups excluding carboxylic acids is 1. The summed E-state index contributed by atoms with van der Waals surface area (Å²) >= 11 is 0. The lowest BCUT2D eigenvalue weighted by atomic mass is 9.92. The predicted molar refractivity (Wildman–Crippen MR) is 67.3 cm³/mol. The molecule has 0 aliphatic carbocycles. The molecule has 0 bridgehead atoms. The lowest BCUT2D eigenvalue weighted by Gasteiger charge is -2.11. The van der Waals surface area contributed by atoms with Gasteiger partial charge in [-0.2, -0.15) is 0 Å². The van der Waals surface area contributed by atoms with Crippen molar-refractivity contribution in [1.29, 1.82) is 0 Å². The lowest BCUT2D eigenvalue weighted by Crippen LogP contribution is -2.18. The quantitative estimate of drug-likeness (QED) is 0.786. The molecule has 0 aromatic heterocycles. The first-order valence-electron chi connectivity index (χ1n) is 6.17. The number of nitrogens with one attached hydrogen (secondary N) is 1. The number of rotatable bonds is 5. The maximum atomic E-state index is 12.3. The van der Waals surface area contributed by atoms with Gasteiger partial charge in [-0.1, -0.05) is 24.3 Å². The Hall–Kier alpha value is -1.19. The Morgan fingerprint density at radius 2 is 2.29 bits per heavy atom. The zero-order valence-electron chi connectivity index (χ0n) is 10.2. The molecule has 0 radical (unpaired) electrons. The zero-order chi connectivity index (χ0) is 12.1. The van der Waals surface area contributed by atoms with E-state index >= 15 is 0 Å². The summed E-state index contributed by atoms with van der Waals surface area (Å²) in [7, 11) is 1.93. The van der Waals surface area contributed by atoms with Crippen LogP contribution in [0.4, 0.5) is 0 Å². The highest BCUT2D eigenvalue weighted by Gasteiger charge is 2.25. The Morgan fingerprint density at radius 3 is 3.00 bits per heavy atom. The van der Waals surface area contributed by atoms with Crippen LogP contribution in [0.25, 0.3) is 0 Å². The molecule has 1 fully saturated rings. The third-order valence-corrected chi connectivity index (χ3v) is 3.23. The van der Waals surface area contributed by atoms with Crippen molar-refractivity contribution in [3.8, 4) is 0 Å². The van der Waals surface area contributed by atoms with Gasteiger partial charge in [0.05, 0.1) is 6.61 Å². The Kier molecular flexibility index (Phi) is 4.29. The molecular formula is C14H19NO2. The second kappa shape index (κ2) is 5.94. The number of Topliss-reactive ketones (excluding diaryl/α,β-unsaturated/α-hetero) is 1. The van der Waals surface area contributed by atoms with E-state index in [1.54, 1.807) is 0 Å². The number of hydrogen-bond acceptors (Lipinski definition) is 3. The van der Waals surface area contributed by atoms with Crippen LogP contribution in [0.2, 0.25) is 0 Å². The number of benzene rings is 1. The lowest BCUT2D eigenvalue weighted by molar-refractivity contribution is 0.0899. The van der Waals surface area contributed by atoms with Gasteiger partial charge >= 0.3 is 0 Å². The Labute approximate surface area is 102 Å². The van der Waals surface area contributed by atoms with E-state index in [4.69, 9.17) is 4.74 Å². The summed E-state index contributed by atoms with van der Waals surface area (Å²) in [5.41, 5.74) is 2.01. The second-order valence-corrected chi connectivity index (χ2v) is 4.44. The summed E-state index contributed by atoms with van der Waals surface area (Å²) in [6, 6.07) is 7.91. The molecule has 1 aliphatic rings. The fourth-order valence-electron chi connectivity index (χ4n) is 2.20. The smallest absolute Gasteiger partial charge is 0.168 e. The van der Waals surface area contributed by atoms with Gasteiger partial charge in [0.15, 0.2) is 5.78 Å². The first-order chi connectivity index (χ1) is 8.33. The third-order valence-electron chi connectivity index (χ3n) is 3.23. The molecule has 2 rings (SSSR count). The summed E-state index contributed by atoms with van der Waals surface area (Å²) < 4.78 is 5.29. The number of ether oxygens (including phenoxy) is 1. The van der Waals surface area contributed by atoms with Crippen LogP contribution < -0.4 is 5.32 Å². The Morgan fingerprint density at radius 1 is 1.47 bits per heavy atom. The van der Waals surface area contributed by atoms with Crippen molar-refractivity contribution in [2.75, 3.05) is 26.8 Å². The minimum absolute atomic E-state index is 0.0609. The molecule has 3 nitrogen and oxygen atoms in total. The Bertz CT molecular complexity index is 384. The van der Waals surface area contributed by atoms with Crippen molar-refractivity contribution in [3.05, 3.63) is 35.4 Å². The van der Waals surface area contributed by atoms with Crippen molar-refractivity contribution in [1.82, 2.24) is 5.32 Å². The molecule has 1 aromatic carbocycles. The van der Waals surface area contributed by atoms with Crippen molar-refractivity contribution < 1.29 is 9.53 Å². The number of ketones is 1. The van der Waals surface area contributed by atoms with Crippen LogP contribution in [-0.4, -0.2) is 32.6 Å². The van der Waals surface area contributed by atoms with Crippen LogP contribution in [0.1, 0.15) is 22.3 Å². The summed E-state index contributed by atoms with van der Waals surface area (Å²) in [6.45, 7) is 2.19. The van der Waals surface area contributed by atoms with Crippen molar-refractivity contribution in [2.45, 2.75) is 12.8 Å². The maximum Gasteiger partial charge on any atom is 0.168 e.